The van der Waals surface area contributed by atoms with Gasteiger partial charge in [0.1, 0.15) is 24.2 Å². The first-order chi connectivity index (χ1) is 19.2. The SMILES string of the molecule is NC(N)=NCCC[C@H](NC(=O)[C@@H]1CCCN1C(=O)[C@H](CC(=O)O)NC(=O)[C@H](CO)NC(=O)[C@@H](N)CC(=O)O)C(=O)O.[Na+].[Na+]. The number of carbonyl (C=O) groups is 7. The second kappa shape index (κ2) is 21.2. The number of amides is 4. The summed E-state index contributed by atoms with van der Waals surface area (Å²) in [4.78, 5) is 89.5. The maximum Gasteiger partial charge on any atom is 1.00 e. The van der Waals surface area contributed by atoms with E-state index in [4.69, 9.17) is 22.3 Å². The van der Waals surface area contributed by atoms with Crippen LogP contribution in [0.25, 0.3) is 0 Å². The van der Waals surface area contributed by atoms with E-state index >= 15 is 0 Å². The molecule has 19 nitrogen and oxygen atoms in total. The molecule has 0 aromatic carbocycles. The van der Waals surface area contributed by atoms with Crippen molar-refractivity contribution in [3.8, 4) is 0 Å². The first-order valence-electron chi connectivity index (χ1n) is 12.5. The van der Waals surface area contributed by atoms with E-state index < -0.39 is 91.2 Å². The van der Waals surface area contributed by atoms with Crippen molar-refractivity contribution in [1.29, 1.82) is 0 Å². The van der Waals surface area contributed by atoms with Crippen LogP contribution in [-0.4, -0.2) is 123 Å². The molecule has 1 saturated heterocycles. The van der Waals surface area contributed by atoms with Crippen LogP contribution in [-0.2, 0) is 33.6 Å². The monoisotopic (exact) mass is 634 g/mol. The molecule has 43 heavy (non-hydrogen) atoms. The van der Waals surface area contributed by atoms with Crippen LogP contribution in [0.4, 0.5) is 0 Å². The van der Waals surface area contributed by atoms with Crippen molar-refractivity contribution in [3.63, 3.8) is 0 Å². The smallest absolute Gasteiger partial charge is 0.481 e. The van der Waals surface area contributed by atoms with Gasteiger partial charge >= 0.3 is 77.0 Å². The summed E-state index contributed by atoms with van der Waals surface area (Å²) >= 11 is 0. The van der Waals surface area contributed by atoms with E-state index in [-0.39, 0.29) is 97.4 Å². The molecule has 0 saturated carbocycles. The Bertz CT molecular complexity index is 1040. The number of nitrogens with two attached hydrogens (primary N) is 3. The van der Waals surface area contributed by atoms with Crippen molar-refractivity contribution >= 4 is 47.5 Å². The summed E-state index contributed by atoms with van der Waals surface area (Å²) in [6, 6.07) is -7.50. The summed E-state index contributed by atoms with van der Waals surface area (Å²) in [7, 11) is 0. The van der Waals surface area contributed by atoms with Gasteiger partial charge in [0.15, 0.2) is 5.96 Å². The predicted octanol–water partition coefficient (Wildman–Crippen LogP) is -11.2. The fraction of sp³-hybridized carbons (Fsp3) is 0.636. The number of nitrogens with one attached hydrogen (secondary N) is 3. The third-order valence-corrected chi connectivity index (χ3v) is 5.94. The zero-order valence-electron chi connectivity index (χ0n) is 24.0. The Balaban J connectivity index is 0. The van der Waals surface area contributed by atoms with Crippen LogP contribution in [0.5, 0.6) is 0 Å². The first-order valence-corrected chi connectivity index (χ1v) is 12.5. The summed E-state index contributed by atoms with van der Waals surface area (Å²) in [6.45, 7) is -0.886. The number of likely N-dealkylation sites (tertiary alicyclic amines) is 1. The van der Waals surface area contributed by atoms with Crippen molar-refractivity contribution in [2.45, 2.75) is 68.7 Å². The third kappa shape index (κ3) is 15.2. The van der Waals surface area contributed by atoms with E-state index in [0.717, 1.165) is 4.90 Å². The molecule has 1 aliphatic heterocycles. The van der Waals surface area contributed by atoms with Crippen molar-refractivity contribution in [2.24, 2.45) is 22.2 Å². The van der Waals surface area contributed by atoms with Crippen LogP contribution < -0.4 is 92.3 Å². The number of hydrogen-bond donors (Lipinski definition) is 10. The molecule has 230 valence electrons. The molecule has 21 heteroatoms. The molecular formula is C22H36N8Na2O11+2. The predicted molar refractivity (Wildman–Crippen MR) is 138 cm³/mol. The van der Waals surface area contributed by atoms with Crippen molar-refractivity contribution < 1.29 is 113 Å². The molecular weight excluding hydrogens is 598 g/mol. The summed E-state index contributed by atoms with van der Waals surface area (Å²) < 4.78 is 0. The van der Waals surface area contributed by atoms with Crippen LogP contribution in [0.1, 0.15) is 38.5 Å². The third-order valence-electron chi connectivity index (χ3n) is 5.94. The number of hydrogen-bond acceptors (Lipinski definition) is 10. The molecule has 0 radical (unpaired) electrons. The Morgan fingerprint density at radius 1 is 0.860 bits per heavy atom. The second-order valence-corrected chi connectivity index (χ2v) is 9.15. The largest absolute Gasteiger partial charge is 1.00 e. The molecule has 0 bridgehead atoms. The zero-order valence-corrected chi connectivity index (χ0v) is 28.0. The molecule has 0 unspecified atom stereocenters. The van der Waals surface area contributed by atoms with E-state index in [1.165, 1.54) is 0 Å². The number of aliphatic imine (C=N–C) groups is 1. The quantitative estimate of drug-likeness (QED) is 0.0307. The summed E-state index contributed by atoms with van der Waals surface area (Å²) in [5.41, 5.74) is 15.9. The summed E-state index contributed by atoms with van der Waals surface area (Å²) in [6.07, 6.45) is -1.07. The van der Waals surface area contributed by atoms with Crippen LogP contribution in [0.15, 0.2) is 4.99 Å². The van der Waals surface area contributed by atoms with Crippen molar-refractivity contribution in [1.82, 2.24) is 20.9 Å². The number of rotatable bonds is 17. The molecule has 0 aromatic rings. The molecule has 1 heterocycles. The van der Waals surface area contributed by atoms with Gasteiger partial charge in [0.25, 0.3) is 0 Å². The minimum absolute atomic E-state index is 0. The fourth-order valence-electron chi connectivity index (χ4n) is 3.93. The maximum absolute atomic E-state index is 13.3. The topological polar surface area (TPSA) is 330 Å². The minimum atomic E-state index is -1.73. The number of aliphatic carboxylic acids is 3. The summed E-state index contributed by atoms with van der Waals surface area (Å²) in [5.74, 6) is -8.45. The van der Waals surface area contributed by atoms with Gasteiger partial charge in [-0.2, -0.15) is 0 Å². The van der Waals surface area contributed by atoms with E-state index in [1.54, 1.807) is 0 Å². The molecule has 0 spiro atoms. The van der Waals surface area contributed by atoms with Crippen LogP contribution in [0.3, 0.4) is 0 Å². The van der Waals surface area contributed by atoms with Crippen molar-refractivity contribution in [3.05, 3.63) is 0 Å². The van der Waals surface area contributed by atoms with Crippen LogP contribution >= 0.6 is 0 Å². The number of aliphatic hydroxyl groups excluding tert-OH is 1. The average molecular weight is 635 g/mol. The molecule has 0 aromatic heterocycles. The number of carbonyl (C=O) groups excluding carboxylic acids is 4. The minimum Gasteiger partial charge on any atom is -0.481 e. The van der Waals surface area contributed by atoms with Gasteiger partial charge in [-0.15, -0.1) is 0 Å². The number of aliphatic hydroxyl groups is 1. The number of carboxylic acids is 3. The Hall–Kier alpha value is -2.52. The molecule has 1 fully saturated rings. The fourth-order valence-corrected chi connectivity index (χ4v) is 3.93. The van der Waals surface area contributed by atoms with Gasteiger partial charge in [-0.3, -0.25) is 33.8 Å². The van der Waals surface area contributed by atoms with Gasteiger partial charge in [0.05, 0.1) is 25.5 Å². The zero-order chi connectivity index (χ0) is 31.3. The average Bonchev–Trinajstić information content (AvgIpc) is 3.37. The second-order valence-electron chi connectivity index (χ2n) is 9.15. The molecule has 1 aliphatic rings. The maximum atomic E-state index is 13.3. The van der Waals surface area contributed by atoms with Crippen molar-refractivity contribution in [2.75, 3.05) is 19.7 Å². The molecule has 4 amide bonds. The van der Waals surface area contributed by atoms with Gasteiger partial charge in [-0.1, -0.05) is 0 Å². The van der Waals surface area contributed by atoms with Gasteiger partial charge < -0.3 is 58.5 Å². The standard InChI is InChI=1S/C22H36N8O11.2Na/c23-10(7-15(32)33)17(36)29-13(9-31)18(37)28-12(8-16(34)35)20(39)30-6-2-4-14(30)19(38)27-11(21(40)41)3-1-5-26-22(24)25;;/h10-14,31H,1-9,23H2,(H,27,38)(H,28,37)(H,29,36)(H,32,33)(H,34,35)(H,40,41)(H4,24,25,26);;/q;2*+1/t10-,11-,12-,13-,14-;;/m0../s1. The number of nitrogens with zero attached hydrogens (tertiary/aromatic N) is 2. The molecule has 5 atom stereocenters. The normalized spacial score (nSPS) is 16.5. The van der Waals surface area contributed by atoms with E-state index in [9.17, 15) is 48.9 Å². The first kappa shape index (κ1) is 42.6. The van der Waals surface area contributed by atoms with E-state index in [1.807, 2.05) is 5.32 Å². The Morgan fingerprint density at radius 3 is 1.95 bits per heavy atom. The molecule has 13 N–H and O–H groups in total. The molecule has 1 rings (SSSR count). The Labute approximate surface area is 290 Å². The number of carboxylic acid groups (broad SMARTS) is 3. The Morgan fingerprint density at radius 2 is 1.44 bits per heavy atom. The van der Waals surface area contributed by atoms with Gasteiger partial charge in [-0.05, 0) is 25.7 Å². The van der Waals surface area contributed by atoms with E-state index in [2.05, 4.69) is 15.6 Å². The van der Waals surface area contributed by atoms with Gasteiger partial charge in [-0.25, -0.2) is 4.79 Å². The summed E-state index contributed by atoms with van der Waals surface area (Å²) in [5, 5.41) is 43.5. The van der Waals surface area contributed by atoms with Gasteiger partial charge in [0.2, 0.25) is 23.6 Å². The van der Waals surface area contributed by atoms with Crippen LogP contribution in [0.2, 0.25) is 0 Å². The van der Waals surface area contributed by atoms with Gasteiger partial charge in [0, 0.05) is 13.1 Å². The Kier molecular flexibility index (Phi) is 21.0. The number of guanidine groups is 1. The molecule has 0 aliphatic carbocycles. The van der Waals surface area contributed by atoms with E-state index in [0.29, 0.717) is 6.42 Å². The van der Waals surface area contributed by atoms with Crippen LogP contribution in [0, 0.1) is 0 Å².